The summed E-state index contributed by atoms with van der Waals surface area (Å²) in [5.41, 5.74) is 2.36. The number of rotatable bonds is 5. The molecule has 0 aliphatic rings. The predicted molar refractivity (Wildman–Crippen MR) is 81.2 cm³/mol. The maximum absolute atomic E-state index is 11.6. The number of benzene rings is 1. The lowest BCUT2D eigenvalue weighted by atomic mass is 9.85. The van der Waals surface area contributed by atoms with Gasteiger partial charge in [-0.05, 0) is 42.9 Å². The lowest BCUT2D eigenvalue weighted by Gasteiger charge is -2.23. The standard InChI is InChI=1S/C17H26O3/c1-7-13-8-9-15(14(10-13)17(4,5)6)19-11-16(18)20-12(2)3/h8-10,12H,7,11H2,1-6H3. The Bertz CT molecular complexity index is 456. The second kappa shape index (κ2) is 6.78. The molecule has 0 radical (unpaired) electrons. The van der Waals surface area contributed by atoms with Gasteiger partial charge in [0.2, 0.25) is 0 Å². The Labute approximate surface area is 122 Å². The van der Waals surface area contributed by atoms with E-state index in [0.29, 0.717) is 0 Å². The second-order valence-corrected chi connectivity index (χ2v) is 6.26. The van der Waals surface area contributed by atoms with E-state index in [-0.39, 0.29) is 24.1 Å². The van der Waals surface area contributed by atoms with Crippen molar-refractivity contribution in [3.8, 4) is 5.75 Å². The smallest absolute Gasteiger partial charge is 0.344 e. The summed E-state index contributed by atoms with van der Waals surface area (Å²) in [5.74, 6) is 0.426. The maximum Gasteiger partial charge on any atom is 0.344 e. The van der Waals surface area contributed by atoms with Crippen molar-refractivity contribution in [3.05, 3.63) is 29.3 Å². The van der Waals surface area contributed by atoms with E-state index in [2.05, 4.69) is 33.8 Å². The summed E-state index contributed by atoms with van der Waals surface area (Å²) in [5, 5.41) is 0. The Balaban J connectivity index is 2.87. The second-order valence-electron chi connectivity index (χ2n) is 6.26. The predicted octanol–water partition coefficient (Wildman–Crippen LogP) is 3.88. The highest BCUT2D eigenvalue weighted by Gasteiger charge is 2.20. The van der Waals surface area contributed by atoms with Crippen LogP contribution in [-0.4, -0.2) is 18.7 Å². The largest absolute Gasteiger partial charge is 0.482 e. The van der Waals surface area contributed by atoms with Crippen LogP contribution in [0.15, 0.2) is 18.2 Å². The molecule has 3 heteroatoms. The van der Waals surface area contributed by atoms with Gasteiger partial charge in [0.05, 0.1) is 6.10 Å². The van der Waals surface area contributed by atoms with Gasteiger partial charge in [-0.2, -0.15) is 0 Å². The molecular formula is C17H26O3. The van der Waals surface area contributed by atoms with Gasteiger partial charge in [-0.1, -0.05) is 39.8 Å². The van der Waals surface area contributed by atoms with E-state index in [1.807, 2.05) is 26.0 Å². The minimum Gasteiger partial charge on any atom is -0.482 e. The molecule has 112 valence electrons. The molecule has 0 spiro atoms. The molecule has 0 bridgehead atoms. The van der Waals surface area contributed by atoms with E-state index < -0.39 is 0 Å². The first-order chi connectivity index (χ1) is 9.24. The fraction of sp³-hybridized carbons (Fsp3) is 0.588. The fourth-order valence-corrected chi connectivity index (χ4v) is 1.94. The van der Waals surface area contributed by atoms with Crippen LogP contribution in [0.3, 0.4) is 0 Å². The van der Waals surface area contributed by atoms with Crippen molar-refractivity contribution in [2.45, 2.75) is 59.5 Å². The molecule has 1 aromatic carbocycles. The van der Waals surface area contributed by atoms with Crippen LogP contribution in [0.5, 0.6) is 5.75 Å². The first kappa shape index (κ1) is 16.5. The summed E-state index contributed by atoms with van der Waals surface area (Å²) >= 11 is 0. The van der Waals surface area contributed by atoms with E-state index in [4.69, 9.17) is 9.47 Å². The lowest BCUT2D eigenvalue weighted by Crippen LogP contribution is -2.20. The average molecular weight is 278 g/mol. The van der Waals surface area contributed by atoms with E-state index in [1.165, 1.54) is 5.56 Å². The van der Waals surface area contributed by atoms with Gasteiger partial charge in [-0.3, -0.25) is 0 Å². The third kappa shape index (κ3) is 4.87. The number of ether oxygens (including phenoxy) is 2. The van der Waals surface area contributed by atoms with E-state index in [0.717, 1.165) is 17.7 Å². The van der Waals surface area contributed by atoms with Gasteiger partial charge in [-0.25, -0.2) is 4.79 Å². The normalized spacial score (nSPS) is 11.6. The summed E-state index contributed by atoms with van der Waals surface area (Å²) in [6.45, 7) is 12.2. The summed E-state index contributed by atoms with van der Waals surface area (Å²) in [6.07, 6.45) is 0.870. The fourth-order valence-electron chi connectivity index (χ4n) is 1.94. The molecular weight excluding hydrogens is 252 g/mol. The zero-order valence-electron chi connectivity index (χ0n) is 13.4. The van der Waals surface area contributed by atoms with Crippen molar-refractivity contribution in [2.24, 2.45) is 0 Å². The van der Waals surface area contributed by atoms with Crippen LogP contribution in [0, 0.1) is 0 Å². The van der Waals surface area contributed by atoms with Crippen molar-refractivity contribution in [2.75, 3.05) is 6.61 Å². The van der Waals surface area contributed by atoms with Crippen LogP contribution in [-0.2, 0) is 21.4 Å². The average Bonchev–Trinajstić information content (AvgIpc) is 2.34. The third-order valence-corrected chi connectivity index (χ3v) is 2.97. The number of aryl methyl sites for hydroxylation is 1. The van der Waals surface area contributed by atoms with Crippen LogP contribution in [0.4, 0.5) is 0 Å². The minimum absolute atomic E-state index is 0.0253. The van der Waals surface area contributed by atoms with Crippen molar-refractivity contribution >= 4 is 5.97 Å². The van der Waals surface area contributed by atoms with Crippen LogP contribution >= 0.6 is 0 Å². The molecule has 0 amide bonds. The van der Waals surface area contributed by atoms with E-state index in [9.17, 15) is 4.79 Å². The Kier molecular flexibility index (Phi) is 5.61. The van der Waals surface area contributed by atoms with E-state index in [1.54, 1.807) is 0 Å². The third-order valence-electron chi connectivity index (χ3n) is 2.97. The van der Waals surface area contributed by atoms with Crippen LogP contribution < -0.4 is 4.74 Å². The summed E-state index contributed by atoms with van der Waals surface area (Å²) in [6, 6.07) is 6.14. The van der Waals surface area contributed by atoms with Gasteiger partial charge in [0, 0.05) is 0 Å². The molecule has 1 aromatic rings. The number of hydrogen-bond donors (Lipinski definition) is 0. The molecule has 1 rings (SSSR count). The Morgan fingerprint density at radius 3 is 2.40 bits per heavy atom. The highest BCUT2D eigenvalue weighted by Crippen LogP contribution is 2.32. The Morgan fingerprint density at radius 2 is 1.90 bits per heavy atom. The summed E-state index contributed by atoms with van der Waals surface area (Å²) < 4.78 is 10.7. The maximum atomic E-state index is 11.6. The Hall–Kier alpha value is -1.51. The molecule has 0 fully saturated rings. The summed E-state index contributed by atoms with van der Waals surface area (Å²) in [7, 11) is 0. The van der Waals surface area contributed by atoms with Gasteiger partial charge >= 0.3 is 5.97 Å². The molecule has 0 heterocycles. The highest BCUT2D eigenvalue weighted by atomic mass is 16.6. The molecule has 0 N–H and O–H groups in total. The van der Waals surface area contributed by atoms with Crippen LogP contribution in [0.2, 0.25) is 0 Å². The first-order valence-electron chi connectivity index (χ1n) is 7.19. The number of hydrogen-bond acceptors (Lipinski definition) is 3. The monoisotopic (exact) mass is 278 g/mol. The molecule has 3 nitrogen and oxygen atoms in total. The SMILES string of the molecule is CCc1ccc(OCC(=O)OC(C)C)c(C(C)(C)C)c1. The molecule has 0 aromatic heterocycles. The molecule has 0 aliphatic heterocycles. The van der Waals surface area contributed by atoms with Crippen molar-refractivity contribution in [3.63, 3.8) is 0 Å². The number of carbonyl (C=O) groups excluding carboxylic acids is 1. The molecule has 0 atom stereocenters. The molecule has 20 heavy (non-hydrogen) atoms. The van der Waals surface area contributed by atoms with Gasteiger partial charge < -0.3 is 9.47 Å². The van der Waals surface area contributed by atoms with Crippen molar-refractivity contribution in [1.82, 2.24) is 0 Å². The van der Waals surface area contributed by atoms with Crippen molar-refractivity contribution in [1.29, 1.82) is 0 Å². The van der Waals surface area contributed by atoms with Gasteiger partial charge in [0.15, 0.2) is 6.61 Å². The quantitative estimate of drug-likeness (QED) is 0.767. The molecule has 0 saturated carbocycles. The minimum atomic E-state index is -0.334. The van der Waals surface area contributed by atoms with Crippen LogP contribution in [0.25, 0.3) is 0 Å². The molecule has 0 saturated heterocycles. The zero-order valence-corrected chi connectivity index (χ0v) is 13.4. The van der Waals surface area contributed by atoms with Gasteiger partial charge in [0.25, 0.3) is 0 Å². The number of carbonyl (C=O) groups is 1. The highest BCUT2D eigenvalue weighted by molar-refractivity contribution is 5.71. The van der Waals surface area contributed by atoms with Gasteiger partial charge in [0.1, 0.15) is 5.75 Å². The first-order valence-corrected chi connectivity index (χ1v) is 7.19. The van der Waals surface area contributed by atoms with Crippen molar-refractivity contribution < 1.29 is 14.3 Å². The molecule has 0 unspecified atom stereocenters. The lowest BCUT2D eigenvalue weighted by molar-refractivity contribution is -0.149. The Morgan fingerprint density at radius 1 is 1.25 bits per heavy atom. The topological polar surface area (TPSA) is 35.5 Å². The number of esters is 1. The zero-order chi connectivity index (χ0) is 15.3. The van der Waals surface area contributed by atoms with E-state index >= 15 is 0 Å². The van der Waals surface area contributed by atoms with Gasteiger partial charge in [-0.15, -0.1) is 0 Å². The van der Waals surface area contributed by atoms with Crippen LogP contribution in [0.1, 0.15) is 52.7 Å². The summed E-state index contributed by atoms with van der Waals surface area (Å²) in [4.78, 5) is 11.6. The molecule has 0 aliphatic carbocycles.